The van der Waals surface area contributed by atoms with Gasteiger partial charge in [0.25, 0.3) is 0 Å². The second-order valence-corrected chi connectivity index (χ2v) is 6.13. The maximum absolute atomic E-state index is 13.8. The van der Waals surface area contributed by atoms with Crippen LogP contribution in [-0.4, -0.2) is 30.6 Å². The zero-order chi connectivity index (χ0) is 13.7. The Morgan fingerprint density at radius 2 is 2.26 bits per heavy atom. The highest BCUT2D eigenvalue weighted by Gasteiger charge is 2.16. The highest BCUT2D eigenvalue weighted by Crippen LogP contribution is 2.18. The lowest BCUT2D eigenvalue weighted by Gasteiger charge is -2.30. The molecule has 19 heavy (non-hydrogen) atoms. The Hall–Kier alpha value is -0.450. The molecule has 1 aliphatic heterocycles. The molecule has 0 radical (unpaired) electrons. The predicted molar refractivity (Wildman–Crippen MR) is 80.7 cm³/mol. The van der Waals surface area contributed by atoms with E-state index in [-0.39, 0.29) is 5.82 Å². The van der Waals surface area contributed by atoms with Gasteiger partial charge in [-0.1, -0.05) is 29.3 Å². The van der Waals surface area contributed by atoms with E-state index in [1.165, 1.54) is 25.3 Å². The van der Waals surface area contributed by atoms with Crippen LogP contribution in [0.5, 0.6) is 0 Å². The number of nitrogens with zero attached hydrogens (tertiary/aromatic N) is 1. The summed E-state index contributed by atoms with van der Waals surface area (Å²) in [5, 5.41) is 3.55. The van der Waals surface area contributed by atoms with Crippen LogP contribution < -0.4 is 5.32 Å². The van der Waals surface area contributed by atoms with Crippen molar-refractivity contribution in [2.45, 2.75) is 38.8 Å². The van der Waals surface area contributed by atoms with Crippen molar-refractivity contribution < 1.29 is 4.39 Å². The fraction of sp³-hybridized carbons (Fsp3) is 0.600. The van der Waals surface area contributed by atoms with E-state index in [4.69, 9.17) is 0 Å². The largest absolute Gasteiger partial charge is 0.313 e. The first-order valence-corrected chi connectivity index (χ1v) is 7.88. The zero-order valence-corrected chi connectivity index (χ0v) is 13.0. The first-order valence-electron chi connectivity index (χ1n) is 7.08. The number of hydrogen-bond acceptors (Lipinski definition) is 2. The molecular weight excluding hydrogens is 307 g/mol. The van der Waals surface area contributed by atoms with Gasteiger partial charge in [-0.3, -0.25) is 4.90 Å². The maximum atomic E-state index is 13.8. The van der Waals surface area contributed by atoms with Crippen LogP contribution in [-0.2, 0) is 6.54 Å². The molecule has 0 amide bonds. The molecule has 1 heterocycles. The topological polar surface area (TPSA) is 15.3 Å². The Morgan fingerprint density at radius 1 is 1.42 bits per heavy atom. The van der Waals surface area contributed by atoms with Crippen molar-refractivity contribution in [2.75, 3.05) is 19.6 Å². The Morgan fingerprint density at radius 3 is 2.95 bits per heavy atom. The molecular formula is C15H22BrFN2. The van der Waals surface area contributed by atoms with Crippen LogP contribution in [0, 0.1) is 5.82 Å². The van der Waals surface area contributed by atoms with E-state index in [9.17, 15) is 4.39 Å². The number of benzene rings is 1. The van der Waals surface area contributed by atoms with Crippen LogP contribution in [0.1, 0.15) is 31.7 Å². The lowest BCUT2D eigenvalue weighted by molar-refractivity contribution is 0.224. The van der Waals surface area contributed by atoms with Crippen LogP contribution in [0.15, 0.2) is 22.7 Å². The molecule has 106 valence electrons. The molecule has 0 spiro atoms. The fourth-order valence-corrected chi connectivity index (χ4v) is 3.01. The van der Waals surface area contributed by atoms with Gasteiger partial charge in [-0.2, -0.15) is 0 Å². The highest BCUT2D eigenvalue weighted by atomic mass is 79.9. The fourth-order valence-electron chi connectivity index (χ4n) is 2.60. The van der Waals surface area contributed by atoms with Gasteiger partial charge in [-0.15, -0.1) is 0 Å². The van der Waals surface area contributed by atoms with Gasteiger partial charge in [-0.25, -0.2) is 4.39 Å². The minimum atomic E-state index is -0.113. The molecule has 1 saturated heterocycles. The molecule has 1 atom stereocenters. The minimum Gasteiger partial charge on any atom is -0.313 e. The minimum absolute atomic E-state index is 0.113. The van der Waals surface area contributed by atoms with E-state index in [2.05, 4.69) is 33.1 Å². The van der Waals surface area contributed by atoms with E-state index in [0.717, 1.165) is 29.7 Å². The quantitative estimate of drug-likeness (QED) is 0.889. The van der Waals surface area contributed by atoms with Crippen molar-refractivity contribution in [1.82, 2.24) is 10.2 Å². The standard InChI is InChI=1S/C15H22BrFN2/c1-2-19(11-14-5-3-4-8-18-14)10-12-9-13(16)6-7-15(12)17/h6-7,9,14,18H,2-5,8,10-11H2,1H3. The van der Waals surface area contributed by atoms with Gasteiger partial charge in [0.05, 0.1) is 0 Å². The lowest BCUT2D eigenvalue weighted by Crippen LogP contribution is -2.43. The summed E-state index contributed by atoms with van der Waals surface area (Å²) in [7, 11) is 0. The Labute approximate surface area is 123 Å². The second-order valence-electron chi connectivity index (χ2n) is 5.21. The number of hydrogen-bond donors (Lipinski definition) is 1. The summed E-state index contributed by atoms with van der Waals surface area (Å²) in [6, 6.07) is 5.72. The van der Waals surface area contributed by atoms with Gasteiger partial charge >= 0.3 is 0 Å². The summed E-state index contributed by atoms with van der Waals surface area (Å²) in [5.41, 5.74) is 0.770. The smallest absolute Gasteiger partial charge is 0.127 e. The molecule has 1 aliphatic rings. The Kier molecular flexibility index (Phi) is 5.79. The van der Waals surface area contributed by atoms with Crippen LogP contribution in [0.4, 0.5) is 4.39 Å². The van der Waals surface area contributed by atoms with E-state index in [1.54, 1.807) is 6.07 Å². The number of halogens is 2. The van der Waals surface area contributed by atoms with Crippen molar-refractivity contribution >= 4 is 15.9 Å². The molecule has 1 unspecified atom stereocenters. The third-order valence-electron chi connectivity index (χ3n) is 3.74. The van der Waals surface area contributed by atoms with Crippen molar-refractivity contribution in [2.24, 2.45) is 0 Å². The molecule has 0 saturated carbocycles. The molecule has 1 aromatic carbocycles. The van der Waals surface area contributed by atoms with Gasteiger partial charge < -0.3 is 5.32 Å². The van der Waals surface area contributed by atoms with E-state index < -0.39 is 0 Å². The first-order chi connectivity index (χ1) is 9.19. The molecule has 2 rings (SSSR count). The molecule has 1 aromatic rings. The van der Waals surface area contributed by atoms with Crippen LogP contribution in [0.2, 0.25) is 0 Å². The number of nitrogens with one attached hydrogen (secondary N) is 1. The molecule has 1 fully saturated rings. The van der Waals surface area contributed by atoms with E-state index >= 15 is 0 Å². The predicted octanol–water partition coefficient (Wildman–Crippen LogP) is 3.55. The maximum Gasteiger partial charge on any atom is 0.127 e. The number of rotatable bonds is 5. The summed E-state index contributed by atoms with van der Waals surface area (Å²) in [6.07, 6.45) is 3.82. The van der Waals surface area contributed by atoms with Crippen molar-refractivity contribution in [3.63, 3.8) is 0 Å². The van der Waals surface area contributed by atoms with Gasteiger partial charge in [0, 0.05) is 29.2 Å². The third kappa shape index (κ3) is 4.55. The zero-order valence-electron chi connectivity index (χ0n) is 11.5. The average molecular weight is 329 g/mol. The highest BCUT2D eigenvalue weighted by molar-refractivity contribution is 9.10. The summed E-state index contributed by atoms with van der Waals surface area (Å²) < 4.78 is 14.7. The molecule has 0 bridgehead atoms. The van der Waals surface area contributed by atoms with Crippen LogP contribution in [0.25, 0.3) is 0 Å². The Balaban J connectivity index is 1.95. The number of piperidine rings is 1. The third-order valence-corrected chi connectivity index (χ3v) is 4.23. The molecule has 0 aromatic heterocycles. The first kappa shape index (κ1) is 14.9. The summed E-state index contributed by atoms with van der Waals surface area (Å²) in [6.45, 7) is 5.89. The van der Waals surface area contributed by atoms with Crippen LogP contribution in [0.3, 0.4) is 0 Å². The number of likely N-dealkylation sites (N-methyl/N-ethyl adjacent to an activating group) is 1. The van der Waals surface area contributed by atoms with Crippen molar-refractivity contribution in [3.05, 3.63) is 34.1 Å². The molecule has 2 nitrogen and oxygen atoms in total. The van der Waals surface area contributed by atoms with Gasteiger partial charge in [0.15, 0.2) is 0 Å². The average Bonchev–Trinajstić information content (AvgIpc) is 2.43. The van der Waals surface area contributed by atoms with Gasteiger partial charge in [0.1, 0.15) is 5.82 Å². The van der Waals surface area contributed by atoms with Gasteiger partial charge in [0.2, 0.25) is 0 Å². The summed E-state index contributed by atoms with van der Waals surface area (Å²) >= 11 is 3.41. The molecule has 4 heteroatoms. The Bertz CT molecular complexity index is 405. The molecule has 1 N–H and O–H groups in total. The monoisotopic (exact) mass is 328 g/mol. The summed E-state index contributed by atoms with van der Waals surface area (Å²) in [5.74, 6) is -0.113. The second kappa shape index (κ2) is 7.36. The van der Waals surface area contributed by atoms with Crippen LogP contribution >= 0.6 is 15.9 Å². The molecule has 0 aliphatic carbocycles. The lowest BCUT2D eigenvalue weighted by atomic mass is 10.0. The van der Waals surface area contributed by atoms with E-state index in [0.29, 0.717) is 12.6 Å². The summed E-state index contributed by atoms with van der Waals surface area (Å²) in [4.78, 5) is 2.31. The van der Waals surface area contributed by atoms with E-state index in [1.807, 2.05) is 6.07 Å². The van der Waals surface area contributed by atoms with Crippen molar-refractivity contribution in [1.29, 1.82) is 0 Å². The van der Waals surface area contributed by atoms with Gasteiger partial charge in [-0.05, 0) is 44.1 Å². The van der Waals surface area contributed by atoms with Crippen molar-refractivity contribution in [3.8, 4) is 0 Å². The normalized spacial score (nSPS) is 19.9. The SMILES string of the molecule is CCN(Cc1cc(Br)ccc1F)CC1CCCCN1.